The minimum atomic E-state index is -1.16. The first kappa shape index (κ1) is 21.1. The number of fused-ring (bicyclic) bond motifs is 1. The second-order valence-corrected chi connectivity index (χ2v) is 9.77. The van der Waals surface area contributed by atoms with Gasteiger partial charge in [-0.2, -0.15) is 4.98 Å². The van der Waals surface area contributed by atoms with Gasteiger partial charge in [0.25, 0.3) is 0 Å². The summed E-state index contributed by atoms with van der Waals surface area (Å²) >= 11 is -1.16. The van der Waals surface area contributed by atoms with Crippen LogP contribution in [0.5, 0.6) is 5.75 Å². The zero-order valence-electron chi connectivity index (χ0n) is 17.4. The molecule has 4 heterocycles. The largest absolute Gasteiger partial charge is 0.611 e. The molecule has 1 aromatic carbocycles. The van der Waals surface area contributed by atoms with Crippen LogP contribution in [0.2, 0.25) is 0 Å². The summed E-state index contributed by atoms with van der Waals surface area (Å²) in [4.78, 5) is 24.7. The molecule has 2 saturated heterocycles. The van der Waals surface area contributed by atoms with Crippen molar-refractivity contribution < 1.29 is 23.6 Å². The monoisotopic (exact) mass is 461 g/mol. The Balaban J connectivity index is 1.29. The van der Waals surface area contributed by atoms with Gasteiger partial charge in [0.05, 0.1) is 13.1 Å². The predicted molar refractivity (Wildman–Crippen MR) is 116 cm³/mol. The van der Waals surface area contributed by atoms with E-state index in [4.69, 9.17) is 4.74 Å². The Bertz CT molecular complexity index is 1000. The predicted octanol–water partition coefficient (Wildman–Crippen LogP) is 2.10. The number of hydrogen-bond acceptors (Lipinski definition) is 7. The summed E-state index contributed by atoms with van der Waals surface area (Å²) in [6, 6.07) is 5.85. The minimum Gasteiger partial charge on any atom is -0.611 e. The van der Waals surface area contributed by atoms with Crippen molar-refractivity contribution in [3.63, 3.8) is 0 Å². The minimum absolute atomic E-state index is 0.0506. The number of likely N-dealkylation sites (tertiary alicyclic amines) is 1. The molecule has 1 amide bonds. The second-order valence-electron chi connectivity index (χ2n) is 8.26. The first-order valence-corrected chi connectivity index (χ1v) is 12.0. The zero-order valence-corrected chi connectivity index (χ0v) is 18.2. The van der Waals surface area contributed by atoms with Gasteiger partial charge < -0.3 is 29.5 Å². The molecule has 0 bridgehead atoms. The summed E-state index contributed by atoms with van der Waals surface area (Å²) in [5.74, 6) is 1.92. The number of aryl methyl sites for hydroxylation is 1. The maximum Gasteiger partial charge on any atom is 0.407 e. The number of nitrogens with one attached hydrogen (secondary N) is 1. The van der Waals surface area contributed by atoms with Crippen LogP contribution in [0.1, 0.15) is 18.5 Å². The summed E-state index contributed by atoms with van der Waals surface area (Å²) in [6.45, 7) is 2.08. The highest BCUT2D eigenvalue weighted by Crippen LogP contribution is 2.34. The molecule has 32 heavy (non-hydrogen) atoms. The molecule has 0 aliphatic carbocycles. The summed E-state index contributed by atoms with van der Waals surface area (Å²) in [6.07, 6.45) is 1.23. The number of ether oxygens (including phenoxy) is 1. The third-order valence-electron chi connectivity index (χ3n) is 5.96. The number of aromatic nitrogens is 2. The van der Waals surface area contributed by atoms with E-state index in [-0.39, 0.29) is 18.0 Å². The number of hydrogen-bond donors (Lipinski definition) is 2. The molecule has 1 unspecified atom stereocenters. The van der Waals surface area contributed by atoms with Gasteiger partial charge in [0, 0.05) is 25.6 Å². The lowest BCUT2D eigenvalue weighted by atomic mass is 10.1. The maximum atomic E-state index is 13.1. The first-order chi connectivity index (χ1) is 15.5. The van der Waals surface area contributed by atoms with Crippen molar-refractivity contribution in [2.45, 2.75) is 36.3 Å². The van der Waals surface area contributed by atoms with E-state index in [2.05, 4.69) is 15.3 Å². The van der Waals surface area contributed by atoms with E-state index in [1.54, 1.807) is 12.1 Å². The number of rotatable bonds is 5. The average molecular weight is 462 g/mol. The van der Waals surface area contributed by atoms with Crippen LogP contribution >= 0.6 is 0 Å². The Labute approximate surface area is 187 Å². The topological polar surface area (TPSA) is 114 Å². The number of amides is 1. The van der Waals surface area contributed by atoms with Gasteiger partial charge in [-0.1, -0.05) is 0 Å². The third kappa shape index (κ3) is 4.26. The molecule has 0 radical (unpaired) electrons. The lowest BCUT2D eigenvalue weighted by molar-refractivity contribution is 0.132. The first-order valence-electron chi connectivity index (χ1n) is 10.7. The van der Waals surface area contributed by atoms with Crippen molar-refractivity contribution in [3.8, 4) is 5.75 Å². The molecule has 3 aliphatic heterocycles. The van der Waals surface area contributed by atoms with Gasteiger partial charge in [-0.25, -0.2) is 14.2 Å². The fourth-order valence-electron chi connectivity index (χ4n) is 4.27. The molecule has 2 fully saturated rings. The number of carboxylic acid groups (broad SMARTS) is 1. The Hall–Kier alpha value is -2.79. The molecule has 3 aliphatic rings. The van der Waals surface area contributed by atoms with E-state index in [1.165, 1.54) is 17.0 Å². The Kier molecular flexibility index (Phi) is 5.68. The highest BCUT2D eigenvalue weighted by Gasteiger charge is 2.37. The van der Waals surface area contributed by atoms with E-state index in [0.717, 1.165) is 18.5 Å². The summed E-state index contributed by atoms with van der Waals surface area (Å²) in [7, 11) is 0. The number of anilines is 2. The van der Waals surface area contributed by atoms with Crippen LogP contribution < -0.4 is 15.0 Å². The molecule has 1 aromatic heterocycles. The van der Waals surface area contributed by atoms with Gasteiger partial charge in [0.1, 0.15) is 29.1 Å². The lowest BCUT2D eigenvalue weighted by Crippen LogP contribution is -2.54. The van der Waals surface area contributed by atoms with Crippen molar-refractivity contribution in [1.82, 2.24) is 14.9 Å². The molecule has 2 atom stereocenters. The zero-order chi connectivity index (χ0) is 22.2. The molecular formula is C21H24FN5O4S. The molecule has 5 rings (SSSR count). The molecule has 0 saturated carbocycles. The third-order valence-corrected chi connectivity index (χ3v) is 7.42. The molecule has 0 spiro atoms. The Morgan fingerprint density at radius 2 is 2.03 bits per heavy atom. The molecule has 9 nitrogen and oxygen atoms in total. The number of piperidine rings is 1. The number of nitrogens with zero attached hydrogens (tertiary/aromatic N) is 4. The maximum absolute atomic E-state index is 13.1. The second kappa shape index (κ2) is 8.62. The Morgan fingerprint density at radius 1 is 1.25 bits per heavy atom. The van der Waals surface area contributed by atoms with Crippen molar-refractivity contribution in [2.24, 2.45) is 0 Å². The fraction of sp³-hybridized carbons (Fsp3) is 0.476. The van der Waals surface area contributed by atoms with Crippen LogP contribution in [0, 0.1) is 5.82 Å². The molecule has 11 heteroatoms. The smallest absolute Gasteiger partial charge is 0.407 e. The molecular weight excluding hydrogens is 437 g/mol. The SMILES string of the molecule is O=C(O)N1CCC[C@@H](Nc2nc(N3CC(Oc4ccc(F)cc4)C3)nc3c2[S+]([O-])CC3)C1. The van der Waals surface area contributed by atoms with Crippen LogP contribution in [-0.4, -0.2) is 74.7 Å². The average Bonchev–Trinajstić information content (AvgIpc) is 3.13. The van der Waals surface area contributed by atoms with Gasteiger partial charge in [0.15, 0.2) is 5.82 Å². The molecule has 170 valence electrons. The summed E-state index contributed by atoms with van der Waals surface area (Å²) < 4.78 is 31.5. The van der Waals surface area contributed by atoms with E-state index in [0.29, 0.717) is 60.8 Å². The highest BCUT2D eigenvalue weighted by molar-refractivity contribution is 7.91. The normalized spacial score (nSPS) is 22.9. The van der Waals surface area contributed by atoms with Gasteiger partial charge in [-0.15, -0.1) is 0 Å². The number of halogens is 1. The van der Waals surface area contributed by atoms with Crippen molar-refractivity contribution in [1.29, 1.82) is 0 Å². The lowest BCUT2D eigenvalue weighted by Gasteiger charge is -2.39. The summed E-state index contributed by atoms with van der Waals surface area (Å²) in [5, 5.41) is 12.7. The molecule has 2 aromatic rings. The van der Waals surface area contributed by atoms with Crippen LogP contribution in [-0.2, 0) is 17.6 Å². The van der Waals surface area contributed by atoms with Crippen LogP contribution in [0.3, 0.4) is 0 Å². The van der Waals surface area contributed by atoms with Crippen molar-refractivity contribution in [2.75, 3.05) is 42.1 Å². The van der Waals surface area contributed by atoms with Crippen LogP contribution in [0.25, 0.3) is 0 Å². The fourth-order valence-corrected chi connectivity index (χ4v) is 5.58. The Morgan fingerprint density at radius 3 is 2.78 bits per heavy atom. The quantitative estimate of drug-likeness (QED) is 0.651. The van der Waals surface area contributed by atoms with Crippen molar-refractivity contribution >= 4 is 29.0 Å². The van der Waals surface area contributed by atoms with E-state index >= 15 is 0 Å². The van der Waals surface area contributed by atoms with Gasteiger partial charge >= 0.3 is 6.09 Å². The van der Waals surface area contributed by atoms with Gasteiger partial charge in [-0.05, 0) is 48.3 Å². The summed E-state index contributed by atoms with van der Waals surface area (Å²) in [5.41, 5.74) is 0.782. The molecule has 2 N–H and O–H groups in total. The van der Waals surface area contributed by atoms with Crippen LogP contribution in [0.15, 0.2) is 29.2 Å². The van der Waals surface area contributed by atoms with E-state index < -0.39 is 17.3 Å². The highest BCUT2D eigenvalue weighted by atomic mass is 32.2. The number of benzene rings is 1. The van der Waals surface area contributed by atoms with E-state index in [9.17, 15) is 18.8 Å². The van der Waals surface area contributed by atoms with Gasteiger partial charge in [-0.3, -0.25) is 0 Å². The van der Waals surface area contributed by atoms with Gasteiger partial charge in [0.2, 0.25) is 10.8 Å². The van der Waals surface area contributed by atoms with Crippen LogP contribution in [0.4, 0.5) is 21.0 Å². The van der Waals surface area contributed by atoms with Crippen molar-refractivity contribution in [3.05, 3.63) is 35.8 Å². The van der Waals surface area contributed by atoms with E-state index in [1.807, 2.05) is 4.90 Å². The standard InChI is InChI=1S/C21H24FN5O4S/c22-13-3-5-15(6-4-13)31-16-11-27(12-16)20-24-17-7-9-32(30)18(17)19(25-20)23-14-2-1-8-26(10-14)21(28)29/h3-6,14,16H,1-2,7-12H2,(H,28,29)(H,23,24,25)/t14-,32?/m1/s1. The number of carbonyl (C=O) groups is 1.